The second kappa shape index (κ2) is 4.79. The summed E-state index contributed by atoms with van der Waals surface area (Å²) in [5.41, 5.74) is 6.88. The Morgan fingerprint density at radius 3 is 2.90 bits per heavy atom. The van der Waals surface area contributed by atoms with Crippen LogP contribution in [0.2, 0.25) is 0 Å². The molecule has 1 heterocycles. The Morgan fingerprint density at radius 2 is 2.15 bits per heavy atom. The van der Waals surface area contributed by atoms with Crippen molar-refractivity contribution in [3.05, 3.63) is 28.8 Å². The van der Waals surface area contributed by atoms with Crippen LogP contribution in [-0.4, -0.2) is 27.2 Å². The molecule has 0 unspecified atom stereocenters. The van der Waals surface area contributed by atoms with Crippen molar-refractivity contribution >= 4 is 22.3 Å². The predicted octanol–water partition coefficient (Wildman–Crippen LogP) is 1.22. The minimum Gasteiger partial charge on any atom is -0.397 e. The van der Waals surface area contributed by atoms with Crippen molar-refractivity contribution in [1.29, 1.82) is 0 Å². The predicted molar refractivity (Wildman–Crippen MR) is 78.7 cm³/mol. The summed E-state index contributed by atoms with van der Waals surface area (Å²) in [5, 5.41) is 14.0. The lowest BCUT2D eigenvalue weighted by molar-refractivity contribution is 0.0615. The van der Waals surface area contributed by atoms with Crippen LogP contribution in [0.1, 0.15) is 25.7 Å². The van der Waals surface area contributed by atoms with Crippen LogP contribution in [0.25, 0.3) is 10.9 Å². The number of aliphatic hydroxyl groups is 1. The fraction of sp³-hybridized carbons (Fsp3) is 0.429. The van der Waals surface area contributed by atoms with Crippen molar-refractivity contribution in [3.8, 4) is 0 Å². The maximum Gasteiger partial charge on any atom is 0.258 e. The number of hydrogen-bond donors (Lipinski definition) is 4. The molecule has 6 heteroatoms. The first-order chi connectivity index (χ1) is 9.57. The van der Waals surface area contributed by atoms with Crippen LogP contribution in [0.5, 0.6) is 0 Å². The number of nitrogens with one attached hydrogen (secondary N) is 2. The number of aromatic amines is 1. The molecule has 0 aliphatic heterocycles. The van der Waals surface area contributed by atoms with Crippen LogP contribution in [0, 0.1) is 0 Å². The number of nitrogens with two attached hydrogens (primary N) is 1. The molecular formula is C14H18N4O2. The van der Waals surface area contributed by atoms with Crippen molar-refractivity contribution in [2.75, 3.05) is 17.6 Å². The summed E-state index contributed by atoms with van der Waals surface area (Å²) in [6.07, 6.45) is 5.11. The average Bonchev–Trinajstić information content (AvgIpc) is 2.85. The number of rotatable bonds is 3. The molecule has 0 radical (unpaired) electrons. The Hall–Kier alpha value is -2.08. The van der Waals surface area contributed by atoms with Gasteiger partial charge in [0, 0.05) is 6.54 Å². The first kappa shape index (κ1) is 12.9. The molecule has 1 aromatic heterocycles. The van der Waals surface area contributed by atoms with Gasteiger partial charge in [-0.2, -0.15) is 0 Å². The highest BCUT2D eigenvalue weighted by atomic mass is 16.3. The molecule has 3 rings (SSSR count). The molecule has 2 aromatic rings. The topological polar surface area (TPSA) is 104 Å². The van der Waals surface area contributed by atoms with Crippen LogP contribution < -0.4 is 16.6 Å². The van der Waals surface area contributed by atoms with Gasteiger partial charge in [0.2, 0.25) is 0 Å². The molecule has 1 aliphatic carbocycles. The summed E-state index contributed by atoms with van der Waals surface area (Å²) >= 11 is 0. The largest absolute Gasteiger partial charge is 0.397 e. The standard InChI is InChI=1S/C14H18N4O2/c15-10-5-9-11(17-8-18-13(9)19)6-12(10)16-7-14(20)3-1-2-4-14/h5-6,8,16,20H,1-4,7,15H2,(H,17,18,19). The summed E-state index contributed by atoms with van der Waals surface area (Å²) in [4.78, 5) is 18.3. The fourth-order valence-electron chi connectivity index (χ4n) is 2.75. The summed E-state index contributed by atoms with van der Waals surface area (Å²) < 4.78 is 0. The van der Waals surface area contributed by atoms with Gasteiger partial charge < -0.3 is 21.1 Å². The van der Waals surface area contributed by atoms with Crippen molar-refractivity contribution in [2.45, 2.75) is 31.3 Å². The zero-order valence-corrected chi connectivity index (χ0v) is 11.1. The number of benzene rings is 1. The molecule has 6 nitrogen and oxygen atoms in total. The highest BCUT2D eigenvalue weighted by molar-refractivity contribution is 5.88. The number of fused-ring (bicyclic) bond motifs is 1. The van der Waals surface area contributed by atoms with Crippen molar-refractivity contribution < 1.29 is 5.11 Å². The third-order valence-electron chi connectivity index (χ3n) is 3.95. The van der Waals surface area contributed by atoms with Gasteiger partial charge in [0.05, 0.1) is 34.2 Å². The van der Waals surface area contributed by atoms with Gasteiger partial charge >= 0.3 is 0 Å². The van der Waals surface area contributed by atoms with E-state index in [-0.39, 0.29) is 5.56 Å². The SMILES string of the molecule is Nc1cc2c(=O)[nH]cnc2cc1NCC1(O)CCCC1. The number of nitrogen functional groups attached to an aromatic ring is 1. The van der Waals surface area contributed by atoms with Crippen LogP contribution in [0.3, 0.4) is 0 Å². The van der Waals surface area contributed by atoms with Crippen molar-refractivity contribution in [2.24, 2.45) is 0 Å². The molecule has 20 heavy (non-hydrogen) atoms. The van der Waals surface area contributed by atoms with Crippen LogP contribution >= 0.6 is 0 Å². The van der Waals surface area contributed by atoms with E-state index in [0.717, 1.165) is 25.7 Å². The van der Waals surface area contributed by atoms with Crippen LogP contribution in [0.15, 0.2) is 23.3 Å². The fourth-order valence-corrected chi connectivity index (χ4v) is 2.75. The van der Waals surface area contributed by atoms with Crippen LogP contribution in [-0.2, 0) is 0 Å². The molecule has 1 aromatic carbocycles. The molecule has 5 N–H and O–H groups in total. The first-order valence-corrected chi connectivity index (χ1v) is 6.81. The smallest absolute Gasteiger partial charge is 0.258 e. The van der Waals surface area contributed by atoms with E-state index in [4.69, 9.17) is 5.73 Å². The van der Waals surface area contributed by atoms with Crippen LogP contribution in [0.4, 0.5) is 11.4 Å². The molecule has 1 fully saturated rings. The van der Waals surface area contributed by atoms with E-state index in [1.807, 2.05) is 0 Å². The summed E-state index contributed by atoms with van der Waals surface area (Å²) in [7, 11) is 0. The number of nitrogens with zero attached hydrogens (tertiary/aromatic N) is 1. The van der Waals surface area contributed by atoms with E-state index >= 15 is 0 Å². The monoisotopic (exact) mass is 274 g/mol. The number of hydrogen-bond acceptors (Lipinski definition) is 5. The average molecular weight is 274 g/mol. The van der Waals surface area contributed by atoms with E-state index < -0.39 is 5.60 Å². The third kappa shape index (κ3) is 2.34. The lowest BCUT2D eigenvalue weighted by Gasteiger charge is -2.23. The summed E-state index contributed by atoms with van der Waals surface area (Å²) in [6.45, 7) is 0.464. The van der Waals surface area contributed by atoms with Gasteiger partial charge in [-0.15, -0.1) is 0 Å². The van der Waals surface area contributed by atoms with E-state index in [1.54, 1.807) is 12.1 Å². The van der Waals surface area contributed by atoms with E-state index in [1.165, 1.54) is 6.33 Å². The maximum atomic E-state index is 11.6. The van der Waals surface area contributed by atoms with Gasteiger partial charge in [0.25, 0.3) is 5.56 Å². The first-order valence-electron chi connectivity index (χ1n) is 6.81. The van der Waals surface area contributed by atoms with Gasteiger partial charge in [0.1, 0.15) is 0 Å². The molecule has 0 spiro atoms. The Labute approximate surface area is 116 Å². The van der Waals surface area contributed by atoms with Gasteiger partial charge in [-0.05, 0) is 25.0 Å². The van der Waals surface area contributed by atoms with Gasteiger partial charge in [-0.3, -0.25) is 4.79 Å². The number of aromatic nitrogens is 2. The van der Waals surface area contributed by atoms with E-state index in [9.17, 15) is 9.90 Å². The Morgan fingerprint density at radius 1 is 1.40 bits per heavy atom. The Kier molecular flexibility index (Phi) is 3.10. The summed E-state index contributed by atoms with van der Waals surface area (Å²) in [6, 6.07) is 3.36. The zero-order chi connectivity index (χ0) is 14.2. The third-order valence-corrected chi connectivity index (χ3v) is 3.95. The number of anilines is 2. The van der Waals surface area contributed by atoms with Gasteiger partial charge in [0.15, 0.2) is 0 Å². The van der Waals surface area contributed by atoms with E-state index in [2.05, 4.69) is 15.3 Å². The Bertz CT molecular complexity index is 689. The highest BCUT2D eigenvalue weighted by Gasteiger charge is 2.30. The maximum absolute atomic E-state index is 11.6. The number of H-pyrrole nitrogens is 1. The zero-order valence-electron chi connectivity index (χ0n) is 11.1. The Balaban J connectivity index is 1.88. The normalized spacial score (nSPS) is 17.4. The molecule has 0 atom stereocenters. The van der Waals surface area contributed by atoms with Gasteiger partial charge in [-0.1, -0.05) is 12.8 Å². The molecule has 1 saturated carbocycles. The van der Waals surface area contributed by atoms with E-state index in [0.29, 0.717) is 28.8 Å². The molecule has 0 amide bonds. The highest BCUT2D eigenvalue weighted by Crippen LogP contribution is 2.31. The quantitative estimate of drug-likeness (QED) is 0.630. The molecule has 106 valence electrons. The lowest BCUT2D eigenvalue weighted by atomic mass is 10.0. The molecular weight excluding hydrogens is 256 g/mol. The second-order valence-electron chi connectivity index (χ2n) is 5.47. The molecule has 1 aliphatic rings. The van der Waals surface area contributed by atoms with Crippen molar-refractivity contribution in [3.63, 3.8) is 0 Å². The van der Waals surface area contributed by atoms with Gasteiger partial charge in [-0.25, -0.2) is 4.98 Å². The second-order valence-corrected chi connectivity index (χ2v) is 5.47. The minimum absolute atomic E-state index is 0.206. The minimum atomic E-state index is -0.650. The molecule has 0 bridgehead atoms. The lowest BCUT2D eigenvalue weighted by Crippen LogP contribution is -2.33. The summed E-state index contributed by atoms with van der Waals surface area (Å²) in [5.74, 6) is 0. The van der Waals surface area contributed by atoms with Crippen molar-refractivity contribution in [1.82, 2.24) is 9.97 Å². The molecule has 0 saturated heterocycles.